The number of hydrogen-bond acceptors (Lipinski definition) is 5. The number of carbonyl (C=O) groups is 2. The molecule has 1 amide bonds. The number of carboxylic acids is 1. The van der Waals surface area contributed by atoms with Crippen LogP contribution in [0.4, 0.5) is 11.5 Å². The van der Waals surface area contributed by atoms with Crippen molar-refractivity contribution in [1.82, 2.24) is 19.9 Å². The molecule has 0 unspecified atom stereocenters. The summed E-state index contributed by atoms with van der Waals surface area (Å²) in [6.45, 7) is 6.22. The van der Waals surface area contributed by atoms with Gasteiger partial charge in [0.1, 0.15) is 11.8 Å². The SMILES string of the molecule is CCCNC(=O)c1ccc(Nc2ncnn3cc(C)c(C(=O)O)c23)c(C)c1. The van der Waals surface area contributed by atoms with Crippen LogP contribution in [0.1, 0.15) is 45.2 Å². The molecule has 0 saturated heterocycles. The number of aryl methyl sites for hydroxylation is 2. The van der Waals surface area contributed by atoms with Gasteiger partial charge in [-0.2, -0.15) is 5.10 Å². The maximum Gasteiger partial charge on any atom is 0.338 e. The average Bonchev–Trinajstić information content (AvgIpc) is 2.98. The molecular weight excluding hydrogens is 346 g/mol. The Balaban J connectivity index is 1.96. The average molecular weight is 367 g/mol. The Morgan fingerprint density at radius 1 is 1.22 bits per heavy atom. The monoisotopic (exact) mass is 367 g/mol. The lowest BCUT2D eigenvalue weighted by Gasteiger charge is -2.12. The minimum absolute atomic E-state index is 0.119. The molecule has 3 aromatic rings. The number of nitrogens with zero attached hydrogens (tertiary/aromatic N) is 3. The minimum atomic E-state index is -1.03. The normalized spacial score (nSPS) is 10.8. The number of fused-ring (bicyclic) bond motifs is 1. The molecule has 0 atom stereocenters. The molecule has 0 fully saturated rings. The van der Waals surface area contributed by atoms with E-state index >= 15 is 0 Å². The maximum absolute atomic E-state index is 12.1. The van der Waals surface area contributed by atoms with Gasteiger partial charge in [0.15, 0.2) is 5.82 Å². The van der Waals surface area contributed by atoms with E-state index in [-0.39, 0.29) is 11.5 Å². The number of aromatic nitrogens is 3. The molecule has 2 heterocycles. The van der Waals surface area contributed by atoms with Gasteiger partial charge in [-0.25, -0.2) is 14.3 Å². The number of hydrogen-bond donors (Lipinski definition) is 3. The zero-order chi connectivity index (χ0) is 19.6. The largest absolute Gasteiger partial charge is 0.478 e. The molecule has 0 aliphatic heterocycles. The minimum Gasteiger partial charge on any atom is -0.478 e. The van der Waals surface area contributed by atoms with Gasteiger partial charge >= 0.3 is 5.97 Å². The molecule has 0 saturated carbocycles. The molecule has 140 valence electrons. The Labute approximate surface area is 156 Å². The standard InChI is InChI=1S/C19H21N5O3/c1-4-7-20-18(25)13-5-6-14(11(2)8-13)23-17-16-15(19(26)27)12(3)9-24(16)22-10-21-17/h5-6,8-10H,4,7H2,1-3H3,(H,20,25)(H,26,27)(H,21,22,23). The quantitative estimate of drug-likeness (QED) is 0.618. The van der Waals surface area contributed by atoms with E-state index in [0.717, 1.165) is 17.7 Å². The van der Waals surface area contributed by atoms with E-state index in [1.807, 2.05) is 13.8 Å². The molecule has 8 nitrogen and oxygen atoms in total. The van der Waals surface area contributed by atoms with E-state index in [9.17, 15) is 14.7 Å². The van der Waals surface area contributed by atoms with Crippen molar-refractivity contribution in [3.8, 4) is 0 Å². The highest BCUT2D eigenvalue weighted by atomic mass is 16.4. The molecule has 27 heavy (non-hydrogen) atoms. The van der Waals surface area contributed by atoms with E-state index in [2.05, 4.69) is 20.7 Å². The lowest BCUT2D eigenvalue weighted by atomic mass is 10.1. The van der Waals surface area contributed by atoms with Gasteiger partial charge < -0.3 is 15.7 Å². The summed E-state index contributed by atoms with van der Waals surface area (Å²) in [5, 5.41) is 19.6. The van der Waals surface area contributed by atoms with Crippen molar-refractivity contribution in [3.05, 3.63) is 53.0 Å². The van der Waals surface area contributed by atoms with Gasteiger partial charge in [0.25, 0.3) is 5.91 Å². The van der Waals surface area contributed by atoms with Crippen molar-refractivity contribution in [1.29, 1.82) is 0 Å². The summed E-state index contributed by atoms with van der Waals surface area (Å²) in [5.41, 5.74) is 3.31. The molecule has 8 heteroatoms. The fourth-order valence-corrected chi connectivity index (χ4v) is 2.91. The predicted molar refractivity (Wildman–Crippen MR) is 102 cm³/mol. The summed E-state index contributed by atoms with van der Waals surface area (Å²) >= 11 is 0. The fourth-order valence-electron chi connectivity index (χ4n) is 2.91. The third-order valence-electron chi connectivity index (χ3n) is 4.25. The van der Waals surface area contributed by atoms with Crippen LogP contribution in [0.3, 0.4) is 0 Å². The van der Waals surface area contributed by atoms with Crippen molar-refractivity contribution in [2.45, 2.75) is 27.2 Å². The number of benzene rings is 1. The van der Waals surface area contributed by atoms with Crippen molar-refractivity contribution >= 4 is 28.9 Å². The summed E-state index contributed by atoms with van der Waals surface area (Å²) < 4.78 is 1.50. The molecule has 0 aliphatic carbocycles. The number of nitrogens with one attached hydrogen (secondary N) is 2. The van der Waals surface area contributed by atoms with E-state index in [1.54, 1.807) is 31.3 Å². The maximum atomic E-state index is 12.1. The van der Waals surface area contributed by atoms with Crippen LogP contribution in [-0.4, -0.2) is 38.1 Å². The lowest BCUT2D eigenvalue weighted by molar-refractivity contribution is 0.0698. The van der Waals surface area contributed by atoms with E-state index in [0.29, 0.717) is 29.0 Å². The number of carboxylic acid groups (broad SMARTS) is 1. The highest BCUT2D eigenvalue weighted by Crippen LogP contribution is 2.27. The van der Waals surface area contributed by atoms with Crippen LogP contribution in [0.25, 0.3) is 5.52 Å². The van der Waals surface area contributed by atoms with Crippen LogP contribution in [0, 0.1) is 13.8 Å². The van der Waals surface area contributed by atoms with Crippen molar-refractivity contribution < 1.29 is 14.7 Å². The second kappa shape index (κ2) is 7.45. The smallest absolute Gasteiger partial charge is 0.338 e. The van der Waals surface area contributed by atoms with Gasteiger partial charge in [0.05, 0.1) is 5.56 Å². The van der Waals surface area contributed by atoms with E-state index in [4.69, 9.17) is 0 Å². The second-order valence-corrected chi connectivity index (χ2v) is 6.30. The topological polar surface area (TPSA) is 109 Å². The fraction of sp³-hybridized carbons (Fsp3) is 0.263. The highest BCUT2D eigenvalue weighted by Gasteiger charge is 2.19. The van der Waals surface area contributed by atoms with Crippen LogP contribution in [0.15, 0.2) is 30.7 Å². The van der Waals surface area contributed by atoms with Crippen LogP contribution in [0.5, 0.6) is 0 Å². The van der Waals surface area contributed by atoms with Gasteiger partial charge in [0.2, 0.25) is 0 Å². The Morgan fingerprint density at radius 3 is 2.67 bits per heavy atom. The van der Waals surface area contributed by atoms with Crippen molar-refractivity contribution in [2.75, 3.05) is 11.9 Å². The number of amides is 1. The van der Waals surface area contributed by atoms with Crippen LogP contribution in [-0.2, 0) is 0 Å². The lowest BCUT2D eigenvalue weighted by Crippen LogP contribution is -2.24. The molecule has 0 bridgehead atoms. The molecule has 2 aromatic heterocycles. The van der Waals surface area contributed by atoms with Gasteiger partial charge in [-0.15, -0.1) is 0 Å². The van der Waals surface area contributed by atoms with Crippen LogP contribution >= 0.6 is 0 Å². The first kappa shape index (κ1) is 18.4. The Morgan fingerprint density at radius 2 is 2.00 bits per heavy atom. The Hall–Kier alpha value is -3.42. The number of rotatable bonds is 6. The summed E-state index contributed by atoms with van der Waals surface area (Å²) in [7, 11) is 0. The van der Waals surface area contributed by atoms with Gasteiger partial charge in [0, 0.05) is 24.0 Å². The Kier molecular flexibility index (Phi) is 5.07. The molecule has 0 aliphatic rings. The summed E-state index contributed by atoms with van der Waals surface area (Å²) in [6, 6.07) is 5.29. The van der Waals surface area contributed by atoms with Gasteiger partial charge in [-0.1, -0.05) is 6.92 Å². The molecule has 3 N–H and O–H groups in total. The molecule has 1 aromatic carbocycles. The highest BCUT2D eigenvalue weighted by molar-refractivity contribution is 6.01. The van der Waals surface area contributed by atoms with Crippen molar-refractivity contribution in [2.24, 2.45) is 0 Å². The van der Waals surface area contributed by atoms with Crippen LogP contribution in [0.2, 0.25) is 0 Å². The van der Waals surface area contributed by atoms with Crippen molar-refractivity contribution in [3.63, 3.8) is 0 Å². The molecular formula is C19H21N5O3. The Bertz CT molecular complexity index is 1030. The van der Waals surface area contributed by atoms with Gasteiger partial charge in [-0.3, -0.25) is 4.79 Å². The van der Waals surface area contributed by atoms with E-state index in [1.165, 1.54) is 10.8 Å². The first-order valence-electron chi connectivity index (χ1n) is 8.64. The number of aromatic carboxylic acids is 1. The summed E-state index contributed by atoms with van der Waals surface area (Å²) in [6.07, 6.45) is 3.89. The first-order chi connectivity index (χ1) is 12.9. The zero-order valence-corrected chi connectivity index (χ0v) is 15.4. The van der Waals surface area contributed by atoms with E-state index < -0.39 is 5.97 Å². The second-order valence-electron chi connectivity index (χ2n) is 6.30. The summed E-state index contributed by atoms with van der Waals surface area (Å²) in [5.74, 6) is -0.763. The predicted octanol–water partition coefficient (Wildman–Crippen LogP) is 2.93. The van der Waals surface area contributed by atoms with Crippen LogP contribution < -0.4 is 10.6 Å². The van der Waals surface area contributed by atoms with Gasteiger partial charge in [-0.05, 0) is 49.6 Å². The third kappa shape index (κ3) is 3.59. The number of carbonyl (C=O) groups excluding carboxylic acids is 1. The zero-order valence-electron chi connectivity index (χ0n) is 15.4. The molecule has 0 spiro atoms. The molecule has 3 rings (SSSR count). The first-order valence-corrected chi connectivity index (χ1v) is 8.64. The number of anilines is 2. The molecule has 0 radical (unpaired) electrons. The third-order valence-corrected chi connectivity index (χ3v) is 4.25. The summed E-state index contributed by atoms with van der Waals surface area (Å²) in [4.78, 5) is 27.9.